The van der Waals surface area contributed by atoms with Crippen molar-refractivity contribution in [2.75, 3.05) is 26.2 Å². The normalized spacial score (nSPS) is 17.4. The molecule has 0 radical (unpaired) electrons. The molecule has 3 rings (SSSR count). The van der Waals surface area contributed by atoms with Crippen LogP contribution in [0, 0.1) is 0 Å². The van der Waals surface area contributed by atoms with E-state index >= 15 is 0 Å². The van der Waals surface area contributed by atoms with Gasteiger partial charge in [0, 0.05) is 45.2 Å². The highest BCUT2D eigenvalue weighted by atomic mass is 35.5. The Morgan fingerprint density at radius 1 is 1.33 bits per heavy atom. The van der Waals surface area contributed by atoms with Crippen LogP contribution in [0.5, 0.6) is 0 Å². The van der Waals surface area contributed by atoms with E-state index in [-0.39, 0.29) is 0 Å². The summed E-state index contributed by atoms with van der Waals surface area (Å²) in [6, 6.07) is 6.27. The Morgan fingerprint density at radius 2 is 2.11 bits per heavy atom. The monoisotopic (exact) mass is 264 g/mol. The van der Waals surface area contributed by atoms with Crippen LogP contribution in [0.1, 0.15) is 5.56 Å². The van der Waals surface area contributed by atoms with Crippen molar-refractivity contribution in [2.24, 2.45) is 7.05 Å². The van der Waals surface area contributed by atoms with Gasteiger partial charge in [0.1, 0.15) is 0 Å². The number of aromatic nitrogens is 2. The standard InChI is InChI=1S/C13H17ClN4/c1-17-12-10(9-18-7-5-15-6-8-18)3-2-4-11(12)13(14)16-17/h2-4,15H,5-9H2,1H3. The lowest BCUT2D eigenvalue weighted by molar-refractivity contribution is 0.234. The molecular formula is C13H17ClN4. The fraction of sp³-hybridized carbons (Fsp3) is 0.462. The number of piperazine rings is 1. The predicted molar refractivity (Wildman–Crippen MR) is 73.9 cm³/mol. The van der Waals surface area contributed by atoms with E-state index in [1.165, 1.54) is 5.56 Å². The molecule has 96 valence electrons. The average molecular weight is 265 g/mol. The fourth-order valence-electron chi connectivity index (χ4n) is 2.61. The zero-order chi connectivity index (χ0) is 12.5. The Labute approximate surface area is 112 Å². The number of nitrogens with zero attached hydrogens (tertiary/aromatic N) is 3. The van der Waals surface area contributed by atoms with E-state index in [4.69, 9.17) is 11.6 Å². The minimum Gasteiger partial charge on any atom is -0.314 e. The average Bonchev–Trinajstić information content (AvgIpc) is 2.67. The first-order chi connectivity index (χ1) is 8.75. The Bertz CT molecular complexity index is 557. The highest BCUT2D eigenvalue weighted by molar-refractivity contribution is 6.34. The third kappa shape index (κ3) is 2.11. The number of fused-ring (bicyclic) bond motifs is 1. The summed E-state index contributed by atoms with van der Waals surface area (Å²) < 4.78 is 1.88. The number of para-hydroxylation sites is 1. The van der Waals surface area contributed by atoms with Crippen molar-refractivity contribution < 1.29 is 0 Å². The summed E-state index contributed by atoms with van der Waals surface area (Å²) in [5.41, 5.74) is 2.46. The molecule has 18 heavy (non-hydrogen) atoms. The van der Waals surface area contributed by atoms with Gasteiger partial charge in [0.05, 0.1) is 5.52 Å². The lowest BCUT2D eigenvalue weighted by atomic mass is 10.1. The van der Waals surface area contributed by atoms with Crippen LogP contribution in [-0.2, 0) is 13.6 Å². The second kappa shape index (κ2) is 4.88. The molecule has 1 aromatic carbocycles. The summed E-state index contributed by atoms with van der Waals surface area (Å²) in [6.07, 6.45) is 0. The molecule has 1 N–H and O–H groups in total. The zero-order valence-electron chi connectivity index (χ0n) is 10.5. The molecule has 1 aliphatic rings. The molecule has 4 nitrogen and oxygen atoms in total. The first-order valence-corrected chi connectivity index (χ1v) is 6.66. The molecule has 2 heterocycles. The van der Waals surface area contributed by atoms with Crippen molar-refractivity contribution in [1.82, 2.24) is 20.0 Å². The van der Waals surface area contributed by atoms with Gasteiger partial charge in [-0.15, -0.1) is 0 Å². The van der Waals surface area contributed by atoms with Gasteiger partial charge in [0.25, 0.3) is 0 Å². The van der Waals surface area contributed by atoms with E-state index in [0.29, 0.717) is 5.15 Å². The summed E-state index contributed by atoms with van der Waals surface area (Å²) in [7, 11) is 1.95. The third-order valence-electron chi connectivity index (χ3n) is 3.51. The highest BCUT2D eigenvalue weighted by Crippen LogP contribution is 2.25. The molecule has 1 fully saturated rings. The number of benzene rings is 1. The topological polar surface area (TPSA) is 33.1 Å². The minimum atomic E-state index is 0.592. The summed E-state index contributed by atoms with van der Waals surface area (Å²) in [5, 5.41) is 9.31. The number of hydrogen-bond acceptors (Lipinski definition) is 3. The second-order valence-corrected chi connectivity index (χ2v) is 5.11. The van der Waals surface area contributed by atoms with Crippen LogP contribution in [0.25, 0.3) is 10.9 Å². The van der Waals surface area contributed by atoms with Crippen molar-refractivity contribution >= 4 is 22.5 Å². The van der Waals surface area contributed by atoms with Crippen molar-refractivity contribution in [3.05, 3.63) is 28.9 Å². The maximum absolute atomic E-state index is 6.14. The number of aryl methyl sites for hydroxylation is 1. The van der Waals surface area contributed by atoms with E-state index in [0.717, 1.165) is 43.6 Å². The number of hydrogen-bond donors (Lipinski definition) is 1. The summed E-state index contributed by atoms with van der Waals surface area (Å²) in [6.45, 7) is 5.31. The number of halogens is 1. The lowest BCUT2D eigenvalue weighted by Crippen LogP contribution is -2.42. The molecule has 1 aromatic heterocycles. The Kier molecular flexibility index (Phi) is 3.24. The quantitative estimate of drug-likeness (QED) is 0.895. The maximum Gasteiger partial charge on any atom is 0.158 e. The van der Waals surface area contributed by atoms with Gasteiger partial charge < -0.3 is 5.32 Å². The Hall–Kier alpha value is -1.10. The van der Waals surface area contributed by atoms with Gasteiger partial charge in [0.15, 0.2) is 5.15 Å². The first-order valence-electron chi connectivity index (χ1n) is 6.29. The Balaban J connectivity index is 1.95. The van der Waals surface area contributed by atoms with E-state index in [1.54, 1.807) is 0 Å². The van der Waals surface area contributed by atoms with Crippen LogP contribution < -0.4 is 5.32 Å². The van der Waals surface area contributed by atoms with Crippen LogP contribution in [-0.4, -0.2) is 40.9 Å². The van der Waals surface area contributed by atoms with E-state index in [2.05, 4.69) is 27.4 Å². The molecular weight excluding hydrogens is 248 g/mol. The lowest BCUT2D eigenvalue weighted by Gasteiger charge is -2.27. The number of rotatable bonds is 2. The molecule has 0 atom stereocenters. The molecule has 0 spiro atoms. The minimum absolute atomic E-state index is 0.592. The molecule has 1 aliphatic heterocycles. The van der Waals surface area contributed by atoms with Gasteiger partial charge in [-0.3, -0.25) is 9.58 Å². The molecule has 0 aliphatic carbocycles. The third-order valence-corrected chi connectivity index (χ3v) is 3.79. The first kappa shape index (κ1) is 12.0. The molecule has 5 heteroatoms. The summed E-state index contributed by atoms with van der Waals surface area (Å²) >= 11 is 6.14. The van der Waals surface area contributed by atoms with Crippen molar-refractivity contribution in [3.8, 4) is 0 Å². The van der Waals surface area contributed by atoms with Crippen LogP contribution in [0.4, 0.5) is 0 Å². The number of nitrogens with one attached hydrogen (secondary N) is 1. The molecule has 0 unspecified atom stereocenters. The largest absolute Gasteiger partial charge is 0.314 e. The second-order valence-electron chi connectivity index (χ2n) is 4.75. The van der Waals surface area contributed by atoms with Crippen molar-refractivity contribution in [2.45, 2.75) is 6.54 Å². The molecule has 1 saturated heterocycles. The van der Waals surface area contributed by atoms with Gasteiger partial charge >= 0.3 is 0 Å². The van der Waals surface area contributed by atoms with Crippen LogP contribution >= 0.6 is 11.6 Å². The fourth-order valence-corrected chi connectivity index (χ4v) is 2.88. The van der Waals surface area contributed by atoms with Gasteiger partial charge in [-0.1, -0.05) is 23.7 Å². The van der Waals surface area contributed by atoms with E-state index < -0.39 is 0 Å². The summed E-state index contributed by atoms with van der Waals surface area (Å²) in [4.78, 5) is 2.46. The van der Waals surface area contributed by atoms with Gasteiger partial charge in [0.2, 0.25) is 0 Å². The van der Waals surface area contributed by atoms with Gasteiger partial charge in [-0.2, -0.15) is 5.10 Å². The van der Waals surface area contributed by atoms with Gasteiger partial charge in [-0.05, 0) is 11.6 Å². The molecule has 0 bridgehead atoms. The van der Waals surface area contributed by atoms with Crippen molar-refractivity contribution in [1.29, 1.82) is 0 Å². The van der Waals surface area contributed by atoms with Gasteiger partial charge in [-0.25, -0.2) is 0 Å². The zero-order valence-corrected chi connectivity index (χ0v) is 11.2. The SMILES string of the molecule is Cn1nc(Cl)c2cccc(CN3CCNCC3)c21. The summed E-state index contributed by atoms with van der Waals surface area (Å²) in [5.74, 6) is 0. The Morgan fingerprint density at radius 3 is 2.89 bits per heavy atom. The molecule has 2 aromatic rings. The van der Waals surface area contributed by atoms with E-state index in [1.807, 2.05) is 17.8 Å². The van der Waals surface area contributed by atoms with Crippen LogP contribution in [0.15, 0.2) is 18.2 Å². The molecule has 0 saturated carbocycles. The van der Waals surface area contributed by atoms with Crippen LogP contribution in [0.2, 0.25) is 5.15 Å². The molecule has 0 amide bonds. The highest BCUT2D eigenvalue weighted by Gasteiger charge is 2.14. The van der Waals surface area contributed by atoms with Crippen LogP contribution in [0.3, 0.4) is 0 Å². The van der Waals surface area contributed by atoms with E-state index in [9.17, 15) is 0 Å². The van der Waals surface area contributed by atoms with Crippen molar-refractivity contribution in [3.63, 3.8) is 0 Å². The smallest absolute Gasteiger partial charge is 0.158 e. The maximum atomic E-state index is 6.14. The predicted octanol–water partition coefficient (Wildman–Crippen LogP) is 1.63.